The number of carbonyl (C=O) groups excluding carboxylic acids is 3. The van der Waals surface area contributed by atoms with Crippen molar-refractivity contribution in [3.05, 3.63) is 35.8 Å². The second-order valence-corrected chi connectivity index (χ2v) is 8.78. The average molecular weight is 497 g/mol. The van der Waals surface area contributed by atoms with Gasteiger partial charge in [-0.25, -0.2) is 14.3 Å². The van der Waals surface area contributed by atoms with Crippen LogP contribution in [0.25, 0.3) is 0 Å². The Hall–Kier alpha value is -3.04. The molecule has 3 aliphatic rings. The van der Waals surface area contributed by atoms with Gasteiger partial charge in [-0.15, -0.1) is 21.9 Å². The van der Waals surface area contributed by atoms with Crippen LogP contribution in [0.2, 0.25) is 0 Å². The van der Waals surface area contributed by atoms with Gasteiger partial charge in [-0.3, -0.25) is 9.69 Å². The SMILES string of the molecule is C=CCOC(=O)OC1C(CSc2nnnn2C)=C2SCN(OC(=O)OCC=C)[C@@H]3C(=O)N1[C@H]23. The summed E-state index contributed by atoms with van der Waals surface area (Å²) in [6, 6.07) is -1.18. The fourth-order valence-electron chi connectivity index (χ4n) is 3.52. The molecule has 2 saturated heterocycles. The van der Waals surface area contributed by atoms with E-state index in [0.717, 1.165) is 10.5 Å². The van der Waals surface area contributed by atoms with Crippen LogP contribution in [0.15, 0.2) is 40.9 Å². The molecule has 1 unspecified atom stereocenters. The van der Waals surface area contributed by atoms with E-state index in [1.165, 1.54) is 50.3 Å². The first-order chi connectivity index (χ1) is 16.0. The van der Waals surface area contributed by atoms with Crippen LogP contribution in [0.5, 0.6) is 0 Å². The molecule has 4 rings (SSSR count). The number of ether oxygens (including phenoxy) is 3. The number of hydrogen-bond acceptors (Lipinski definition) is 13. The number of carbonyl (C=O) groups is 3. The largest absolute Gasteiger partial charge is 0.528 e. The van der Waals surface area contributed by atoms with Crippen LogP contribution in [0.1, 0.15) is 0 Å². The zero-order chi connectivity index (χ0) is 23.5. The molecule has 1 amide bonds. The van der Waals surface area contributed by atoms with E-state index in [2.05, 4.69) is 28.7 Å². The molecule has 2 fully saturated rings. The number of nitrogens with zero attached hydrogens (tertiary/aromatic N) is 6. The topological polar surface area (TPSA) is 138 Å². The molecule has 33 heavy (non-hydrogen) atoms. The Balaban J connectivity index is 1.54. The van der Waals surface area contributed by atoms with Gasteiger partial charge in [0, 0.05) is 23.3 Å². The van der Waals surface area contributed by atoms with E-state index in [1.807, 2.05) is 0 Å². The van der Waals surface area contributed by atoms with Crippen LogP contribution >= 0.6 is 23.5 Å². The molecule has 4 heterocycles. The van der Waals surface area contributed by atoms with Crippen LogP contribution in [-0.4, -0.2) is 91.5 Å². The molecule has 0 spiro atoms. The van der Waals surface area contributed by atoms with Crippen molar-refractivity contribution in [2.24, 2.45) is 7.05 Å². The van der Waals surface area contributed by atoms with Gasteiger partial charge in [0.25, 0.3) is 0 Å². The number of aromatic nitrogens is 4. The van der Waals surface area contributed by atoms with Crippen molar-refractivity contribution in [2.45, 2.75) is 23.5 Å². The molecule has 1 aromatic heterocycles. The van der Waals surface area contributed by atoms with Crippen LogP contribution in [-0.2, 0) is 30.9 Å². The Bertz CT molecular complexity index is 1010. The van der Waals surface area contributed by atoms with E-state index >= 15 is 0 Å². The van der Waals surface area contributed by atoms with Crippen LogP contribution < -0.4 is 0 Å². The number of rotatable bonds is 9. The van der Waals surface area contributed by atoms with E-state index in [4.69, 9.17) is 19.0 Å². The third-order valence-electron chi connectivity index (χ3n) is 4.88. The van der Waals surface area contributed by atoms with Crippen molar-refractivity contribution in [3.63, 3.8) is 0 Å². The lowest BCUT2D eigenvalue weighted by atomic mass is 9.97. The van der Waals surface area contributed by atoms with Crippen molar-refractivity contribution in [1.82, 2.24) is 30.2 Å². The summed E-state index contributed by atoms with van der Waals surface area (Å²) in [5, 5.41) is 13.2. The van der Waals surface area contributed by atoms with Crippen molar-refractivity contribution in [1.29, 1.82) is 0 Å². The van der Waals surface area contributed by atoms with Gasteiger partial charge in [0.15, 0.2) is 6.04 Å². The number of thioether (sulfide) groups is 2. The van der Waals surface area contributed by atoms with Crippen molar-refractivity contribution < 1.29 is 33.4 Å². The maximum Gasteiger partial charge on any atom is 0.528 e. The minimum absolute atomic E-state index is 0.0137. The highest BCUT2D eigenvalue weighted by Crippen LogP contribution is 2.51. The molecule has 176 valence electrons. The number of amides is 1. The number of β-lactam (4-membered cyclic amide) rings is 1. The maximum atomic E-state index is 13.0. The molecule has 3 atom stereocenters. The summed E-state index contributed by atoms with van der Waals surface area (Å²) in [4.78, 5) is 44.6. The first kappa shape index (κ1) is 23.1. The summed E-state index contributed by atoms with van der Waals surface area (Å²) in [6.45, 7) is 6.92. The molecular weight excluding hydrogens is 476 g/mol. The van der Waals surface area contributed by atoms with Gasteiger partial charge < -0.3 is 19.0 Å². The number of hydroxylamine groups is 2. The summed E-state index contributed by atoms with van der Waals surface area (Å²) in [5.74, 6) is 0.216. The van der Waals surface area contributed by atoms with Gasteiger partial charge in [-0.05, 0) is 10.4 Å². The molecular formula is C18H20N6O7S2. The normalized spacial score (nSPS) is 23.5. The summed E-state index contributed by atoms with van der Waals surface area (Å²) in [5.41, 5.74) is 0.721. The van der Waals surface area contributed by atoms with Gasteiger partial charge in [0.1, 0.15) is 13.2 Å². The third kappa shape index (κ3) is 4.43. The van der Waals surface area contributed by atoms with Gasteiger partial charge in [0.05, 0.1) is 11.9 Å². The number of tetrazole rings is 1. The molecule has 0 saturated carbocycles. The van der Waals surface area contributed by atoms with Gasteiger partial charge >= 0.3 is 12.3 Å². The Kier molecular flexibility index (Phi) is 6.90. The Labute approximate surface area is 196 Å². The van der Waals surface area contributed by atoms with E-state index in [1.54, 1.807) is 7.05 Å². The molecule has 0 aliphatic carbocycles. The number of aryl methyl sites for hydroxylation is 1. The molecule has 1 aromatic rings. The van der Waals surface area contributed by atoms with Crippen molar-refractivity contribution in [2.75, 3.05) is 24.8 Å². The molecule has 3 aliphatic heterocycles. The van der Waals surface area contributed by atoms with Gasteiger partial charge in [-0.1, -0.05) is 37.1 Å². The monoisotopic (exact) mass is 496 g/mol. The summed E-state index contributed by atoms with van der Waals surface area (Å²) >= 11 is 2.72. The van der Waals surface area contributed by atoms with E-state index in [-0.39, 0.29) is 25.0 Å². The summed E-state index contributed by atoms with van der Waals surface area (Å²) in [6.07, 6.45) is 0.000137. The smallest absolute Gasteiger partial charge is 0.430 e. The maximum absolute atomic E-state index is 13.0. The Morgan fingerprint density at radius 3 is 2.61 bits per heavy atom. The van der Waals surface area contributed by atoms with E-state index < -0.39 is 30.6 Å². The zero-order valence-electron chi connectivity index (χ0n) is 17.5. The summed E-state index contributed by atoms with van der Waals surface area (Å²) < 4.78 is 16.8. The Morgan fingerprint density at radius 2 is 1.94 bits per heavy atom. The van der Waals surface area contributed by atoms with Crippen molar-refractivity contribution >= 4 is 41.7 Å². The van der Waals surface area contributed by atoms with Crippen molar-refractivity contribution in [3.8, 4) is 0 Å². The lowest BCUT2D eigenvalue weighted by molar-refractivity contribution is -0.206. The molecule has 0 radical (unpaired) electrons. The quantitative estimate of drug-likeness (QED) is 0.209. The zero-order valence-corrected chi connectivity index (χ0v) is 19.1. The van der Waals surface area contributed by atoms with E-state index in [0.29, 0.717) is 10.9 Å². The third-order valence-corrected chi connectivity index (χ3v) is 7.13. The fourth-order valence-corrected chi connectivity index (χ4v) is 5.76. The standard InChI is InChI=1S/C18H20N6O7S2/c1-4-6-28-17(26)30-15-10(8-32-16-19-20-21-22(16)3)13-11-12(14(25)24(11)15)23(9-33-13)31-18(27)29-7-5-2/h4-5,11-12,15H,1-2,6-9H2,3H3/t11-,12-,15?/m0/s1. The summed E-state index contributed by atoms with van der Waals surface area (Å²) in [7, 11) is 1.71. The number of hydrogen-bond donors (Lipinski definition) is 0. The second-order valence-electron chi connectivity index (χ2n) is 6.85. The minimum atomic E-state index is -0.958. The minimum Gasteiger partial charge on any atom is -0.430 e. The predicted molar refractivity (Wildman–Crippen MR) is 114 cm³/mol. The molecule has 0 aromatic carbocycles. The van der Waals surface area contributed by atoms with Gasteiger partial charge in [0.2, 0.25) is 17.3 Å². The lowest BCUT2D eigenvalue weighted by Gasteiger charge is -2.50. The Morgan fingerprint density at radius 1 is 1.21 bits per heavy atom. The highest BCUT2D eigenvalue weighted by molar-refractivity contribution is 8.03. The first-order valence-electron chi connectivity index (χ1n) is 9.65. The van der Waals surface area contributed by atoms with Crippen LogP contribution in [0.3, 0.4) is 0 Å². The van der Waals surface area contributed by atoms with Crippen LogP contribution in [0.4, 0.5) is 9.59 Å². The molecule has 0 N–H and O–H groups in total. The highest BCUT2D eigenvalue weighted by Gasteiger charge is 2.64. The highest BCUT2D eigenvalue weighted by atomic mass is 32.2. The molecule has 13 nitrogen and oxygen atoms in total. The molecule has 15 heteroatoms. The van der Waals surface area contributed by atoms with Crippen LogP contribution in [0, 0.1) is 0 Å². The van der Waals surface area contributed by atoms with E-state index in [9.17, 15) is 14.4 Å². The molecule has 0 bridgehead atoms. The lowest BCUT2D eigenvalue weighted by Crippen LogP contribution is -2.72. The predicted octanol–water partition coefficient (Wildman–Crippen LogP) is 1.08. The second kappa shape index (κ2) is 9.84. The fraction of sp³-hybridized carbons (Fsp3) is 0.444. The average Bonchev–Trinajstić information content (AvgIpc) is 3.33. The first-order valence-corrected chi connectivity index (χ1v) is 11.6. The van der Waals surface area contributed by atoms with Gasteiger partial charge in [-0.2, -0.15) is 0 Å².